The molecule has 1 aliphatic heterocycles. The van der Waals surface area contributed by atoms with Crippen LogP contribution in [0.2, 0.25) is 0 Å². The Labute approximate surface area is 124 Å². The van der Waals surface area contributed by atoms with Gasteiger partial charge in [-0.1, -0.05) is 0 Å². The number of carboxylic acid groups (broad SMARTS) is 1. The largest absolute Gasteiger partial charge is 0.480 e. The first-order chi connectivity index (χ1) is 9.63. The SMILES string of the molecule is Cc1ncccc1[N+]1(C(C)(C)C)CC(C(=O)O)N(C)C1=O. The molecule has 0 radical (unpaired) electrons. The van der Waals surface area contributed by atoms with Crippen molar-refractivity contribution in [2.24, 2.45) is 0 Å². The van der Waals surface area contributed by atoms with Gasteiger partial charge in [0, 0.05) is 19.3 Å². The van der Waals surface area contributed by atoms with Crippen LogP contribution in [-0.4, -0.2) is 52.2 Å². The van der Waals surface area contributed by atoms with Gasteiger partial charge in [-0.2, -0.15) is 0 Å². The van der Waals surface area contributed by atoms with Crippen LogP contribution in [0.3, 0.4) is 0 Å². The van der Waals surface area contributed by atoms with Crippen molar-refractivity contribution in [2.75, 3.05) is 13.6 Å². The average Bonchev–Trinajstić information content (AvgIpc) is 2.64. The molecule has 2 heterocycles. The van der Waals surface area contributed by atoms with Crippen LogP contribution in [0, 0.1) is 6.92 Å². The number of hydrogen-bond acceptors (Lipinski definition) is 3. The molecule has 2 rings (SSSR count). The third kappa shape index (κ3) is 2.10. The summed E-state index contributed by atoms with van der Waals surface area (Å²) in [5.41, 5.74) is 1.05. The average molecular weight is 292 g/mol. The van der Waals surface area contributed by atoms with Crippen molar-refractivity contribution in [3.8, 4) is 0 Å². The second-order valence-corrected chi connectivity index (χ2v) is 6.52. The molecule has 0 aliphatic carbocycles. The summed E-state index contributed by atoms with van der Waals surface area (Å²) in [5, 5.41) is 9.40. The summed E-state index contributed by atoms with van der Waals surface area (Å²) in [6.45, 7) is 7.92. The van der Waals surface area contributed by atoms with Crippen LogP contribution in [0.25, 0.3) is 0 Å². The number of carboxylic acids is 1. The summed E-state index contributed by atoms with van der Waals surface area (Å²) < 4.78 is -0.0276. The first-order valence-corrected chi connectivity index (χ1v) is 6.93. The van der Waals surface area contributed by atoms with Gasteiger partial charge in [0.05, 0.1) is 5.69 Å². The van der Waals surface area contributed by atoms with E-state index >= 15 is 0 Å². The first kappa shape index (κ1) is 15.4. The highest BCUT2D eigenvalue weighted by Crippen LogP contribution is 2.40. The molecule has 1 N–H and O–H groups in total. The van der Waals surface area contributed by atoms with Gasteiger partial charge >= 0.3 is 12.0 Å². The van der Waals surface area contributed by atoms with E-state index in [0.29, 0.717) is 0 Å². The van der Waals surface area contributed by atoms with E-state index in [1.54, 1.807) is 19.3 Å². The van der Waals surface area contributed by atoms with Crippen LogP contribution < -0.4 is 4.48 Å². The summed E-state index contributed by atoms with van der Waals surface area (Å²) >= 11 is 0. The van der Waals surface area contributed by atoms with Crippen molar-refractivity contribution in [1.82, 2.24) is 14.4 Å². The molecule has 0 saturated carbocycles. The lowest BCUT2D eigenvalue weighted by molar-refractivity contribution is -0.140. The fourth-order valence-corrected chi connectivity index (χ4v) is 3.11. The molecule has 0 bridgehead atoms. The van der Waals surface area contributed by atoms with Crippen molar-refractivity contribution >= 4 is 17.7 Å². The Bertz CT molecular complexity index is 594. The van der Waals surface area contributed by atoms with Crippen molar-refractivity contribution in [2.45, 2.75) is 39.3 Å². The summed E-state index contributed by atoms with van der Waals surface area (Å²) in [6.07, 6.45) is 1.68. The standard InChI is InChI=1S/C15H21N3O3/c1-10-12(7-6-8-16-10)18(15(2,3)4)9-11(13(19)20)17(5)14(18)21/h6-8,11H,9H2,1-5H3/p+1. The normalized spacial score (nSPS) is 26.2. The lowest BCUT2D eigenvalue weighted by Gasteiger charge is -2.42. The molecule has 1 aliphatic rings. The third-order valence-corrected chi connectivity index (χ3v) is 4.36. The monoisotopic (exact) mass is 292 g/mol. The van der Waals surface area contributed by atoms with Crippen LogP contribution >= 0.6 is 0 Å². The molecule has 6 heteroatoms. The maximum absolute atomic E-state index is 12.9. The summed E-state index contributed by atoms with van der Waals surface area (Å²) in [6, 6.07) is 2.63. The second-order valence-electron chi connectivity index (χ2n) is 6.52. The Kier molecular flexibility index (Phi) is 3.53. The molecular weight excluding hydrogens is 270 g/mol. The summed E-state index contributed by atoms with van der Waals surface area (Å²) in [4.78, 5) is 30.0. The molecular formula is C15H22N3O3+. The lowest BCUT2D eigenvalue weighted by atomic mass is 9.99. The predicted molar refractivity (Wildman–Crippen MR) is 80.0 cm³/mol. The maximum Gasteiger partial charge on any atom is 0.425 e. The minimum atomic E-state index is -0.975. The van der Waals surface area contributed by atoms with Crippen LogP contribution in [0.15, 0.2) is 18.3 Å². The number of pyridine rings is 1. The number of nitrogens with zero attached hydrogens (tertiary/aromatic N) is 3. The Balaban J connectivity index is 2.69. The van der Waals surface area contributed by atoms with Crippen molar-refractivity contribution in [3.63, 3.8) is 0 Å². The topological polar surface area (TPSA) is 70.5 Å². The highest BCUT2D eigenvalue weighted by molar-refractivity contribution is 5.96. The van der Waals surface area contributed by atoms with Gasteiger partial charge in [0.1, 0.15) is 12.1 Å². The van der Waals surface area contributed by atoms with Gasteiger partial charge in [-0.05, 0) is 33.8 Å². The van der Waals surface area contributed by atoms with Crippen LogP contribution in [0.5, 0.6) is 0 Å². The van der Waals surface area contributed by atoms with E-state index in [1.165, 1.54) is 4.90 Å². The van der Waals surface area contributed by atoms with Crippen molar-refractivity contribution < 1.29 is 14.7 Å². The molecule has 1 fully saturated rings. The third-order valence-electron chi connectivity index (χ3n) is 4.36. The highest BCUT2D eigenvalue weighted by atomic mass is 16.4. The fraction of sp³-hybridized carbons (Fsp3) is 0.533. The van der Waals surface area contributed by atoms with E-state index in [9.17, 15) is 14.7 Å². The quantitative estimate of drug-likeness (QED) is 0.847. The van der Waals surface area contributed by atoms with E-state index in [2.05, 4.69) is 4.98 Å². The molecule has 2 atom stereocenters. The molecule has 1 aromatic heterocycles. The van der Waals surface area contributed by atoms with Gasteiger partial charge in [-0.15, -0.1) is 0 Å². The van der Waals surface area contributed by atoms with Crippen LogP contribution in [0.4, 0.5) is 10.5 Å². The van der Waals surface area contributed by atoms with Gasteiger partial charge in [0.15, 0.2) is 11.7 Å². The number of aromatic nitrogens is 1. The second kappa shape index (κ2) is 4.80. The van der Waals surface area contributed by atoms with Crippen molar-refractivity contribution in [1.29, 1.82) is 0 Å². The van der Waals surface area contributed by atoms with Crippen LogP contribution in [0.1, 0.15) is 26.5 Å². The molecule has 21 heavy (non-hydrogen) atoms. The van der Waals surface area contributed by atoms with Gasteiger partial charge in [0.2, 0.25) is 0 Å². The minimum absolute atomic E-state index is 0.0276. The number of quaternary nitrogens is 1. The van der Waals surface area contributed by atoms with E-state index in [0.717, 1.165) is 11.4 Å². The summed E-state index contributed by atoms with van der Waals surface area (Å²) in [5.74, 6) is -0.975. The Morgan fingerprint density at radius 2 is 2.10 bits per heavy atom. The first-order valence-electron chi connectivity index (χ1n) is 6.93. The number of aryl methyl sites for hydroxylation is 1. The molecule has 1 aromatic rings. The zero-order valence-electron chi connectivity index (χ0n) is 13.1. The number of amides is 2. The maximum atomic E-state index is 12.9. The molecule has 0 spiro atoms. The van der Waals surface area contributed by atoms with E-state index < -0.39 is 17.6 Å². The Morgan fingerprint density at radius 1 is 1.48 bits per heavy atom. The lowest BCUT2D eigenvalue weighted by Crippen LogP contribution is -2.64. The van der Waals surface area contributed by atoms with Gasteiger partial charge in [-0.3, -0.25) is 9.88 Å². The van der Waals surface area contributed by atoms with Crippen LogP contribution in [-0.2, 0) is 4.79 Å². The number of carbonyl (C=O) groups excluding carboxylic acids is 1. The number of hydrogen-bond donors (Lipinski definition) is 1. The van der Waals surface area contributed by atoms with E-state index in [4.69, 9.17) is 0 Å². The Hall–Kier alpha value is -1.95. The van der Waals surface area contributed by atoms with Gasteiger partial charge in [0.25, 0.3) is 0 Å². The highest BCUT2D eigenvalue weighted by Gasteiger charge is 2.61. The predicted octanol–water partition coefficient (Wildman–Crippen LogP) is 2.01. The number of aliphatic carboxylic acids is 1. The summed E-state index contributed by atoms with van der Waals surface area (Å²) in [7, 11) is 1.55. The molecule has 1 saturated heterocycles. The Morgan fingerprint density at radius 3 is 2.52 bits per heavy atom. The molecule has 6 nitrogen and oxygen atoms in total. The molecule has 2 unspecified atom stereocenters. The smallest absolute Gasteiger partial charge is 0.425 e. The molecule has 114 valence electrons. The number of rotatable bonds is 2. The molecule has 0 aromatic carbocycles. The fourth-order valence-electron chi connectivity index (χ4n) is 3.11. The number of carbonyl (C=O) groups is 2. The number of likely N-dealkylation sites (N-methyl/N-ethyl adjacent to an activating group) is 1. The number of urea groups is 1. The van der Waals surface area contributed by atoms with E-state index in [-0.39, 0.29) is 17.1 Å². The molecule has 2 amide bonds. The minimum Gasteiger partial charge on any atom is -0.480 e. The van der Waals surface area contributed by atoms with Gasteiger partial charge in [-0.25, -0.2) is 14.1 Å². The zero-order valence-corrected chi connectivity index (χ0v) is 13.1. The zero-order chi connectivity index (χ0) is 16.0. The van der Waals surface area contributed by atoms with Crippen molar-refractivity contribution in [3.05, 3.63) is 24.0 Å². The van der Waals surface area contributed by atoms with Gasteiger partial charge < -0.3 is 5.11 Å². The van der Waals surface area contributed by atoms with E-state index in [1.807, 2.05) is 33.8 Å².